The fourth-order valence-electron chi connectivity index (χ4n) is 1.44. The Kier molecular flexibility index (Phi) is 4.57. The van der Waals surface area contributed by atoms with E-state index in [4.69, 9.17) is 4.74 Å². The molecule has 0 unspecified atom stereocenters. The lowest BCUT2D eigenvalue weighted by Crippen LogP contribution is -2.19. The number of alkyl halides is 3. The molecule has 0 radical (unpaired) electrons. The molecule has 0 saturated heterocycles. The standard InChI is InChI=1S/C11H12F3NO4/c1-6-4-8(19-11(12,13)14)10(18-3)7(15-6)5-9(16)17-2/h4H,5H2,1-3H3. The van der Waals surface area contributed by atoms with E-state index in [9.17, 15) is 18.0 Å². The second-order valence-electron chi connectivity index (χ2n) is 3.54. The van der Waals surface area contributed by atoms with E-state index in [0.29, 0.717) is 0 Å². The normalized spacial score (nSPS) is 11.1. The van der Waals surface area contributed by atoms with Crippen LogP contribution in [-0.2, 0) is 16.0 Å². The Bertz CT molecular complexity index is 474. The van der Waals surface area contributed by atoms with Crippen molar-refractivity contribution in [2.75, 3.05) is 14.2 Å². The Labute approximate surface area is 107 Å². The fourth-order valence-corrected chi connectivity index (χ4v) is 1.44. The van der Waals surface area contributed by atoms with Crippen molar-refractivity contribution < 1.29 is 32.2 Å². The highest BCUT2D eigenvalue weighted by Crippen LogP contribution is 2.35. The molecule has 1 rings (SSSR count). The highest BCUT2D eigenvalue weighted by atomic mass is 19.4. The first-order valence-corrected chi connectivity index (χ1v) is 5.14. The molecule has 0 aromatic carbocycles. The summed E-state index contributed by atoms with van der Waals surface area (Å²) in [5.41, 5.74) is 0.285. The van der Waals surface area contributed by atoms with Crippen LogP contribution in [0.2, 0.25) is 0 Å². The molecule has 0 aliphatic carbocycles. The number of esters is 1. The second kappa shape index (κ2) is 5.77. The first kappa shape index (κ1) is 15.1. The van der Waals surface area contributed by atoms with Gasteiger partial charge in [-0.15, -0.1) is 13.2 Å². The van der Waals surface area contributed by atoms with E-state index >= 15 is 0 Å². The maximum absolute atomic E-state index is 12.3. The van der Waals surface area contributed by atoms with Gasteiger partial charge >= 0.3 is 12.3 Å². The molecule has 0 amide bonds. The Morgan fingerprint density at radius 3 is 2.47 bits per heavy atom. The fraction of sp³-hybridized carbons (Fsp3) is 0.455. The van der Waals surface area contributed by atoms with Crippen molar-refractivity contribution in [1.29, 1.82) is 0 Å². The predicted molar refractivity (Wildman–Crippen MR) is 57.9 cm³/mol. The summed E-state index contributed by atoms with van der Waals surface area (Å²) in [6.07, 6.45) is -5.17. The summed E-state index contributed by atoms with van der Waals surface area (Å²) in [6, 6.07) is 1.08. The first-order valence-electron chi connectivity index (χ1n) is 5.14. The maximum atomic E-state index is 12.3. The number of aryl methyl sites for hydroxylation is 1. The van der Waals surface area contributed by atoms with Gasteiger partial charge in [-0.2, -0.15) is 0 Å². The van der Waals surface area contributed by atoms with Gasteiger partial charge in [0.2, 0.25) is 0 Å². The third-order valence-corrected chi connectivity index (χ3v) is 2.11. The number of methoxy groups -OCH3 is 2. The molecule has 1 heterocycles. The van der Waals surface area contributed by atoms with Crippen LogP contribution in [0.1, 0.15) is 11.4 Å². The molecule has 106 valence electrons. The number of halogens is 3. The summed E-state index contributed by atoms with van der Waals surface area (Å²) in [5, 5.41) is 0. The number of hydrogen-bond donors (Lipinski definition) is 0. The van der Waals surface area contributed by atoms with Gasteiger partial charge in [0.25, 0.3) is 0 Å². The molecule has 0 bridgehead atoms. The van der Waals surface area contributed by atoms with Gasteiger partial charge in [-0.25, -0.2) is 0 Å². The highest BCUT2D eigenvalue weighted by molar-refractivity contribution is 5.73. The summed E-state index contributed by atoms with van der Waals surface area (Å²) >= 11 is 0. The number of aromatic nitrogens is 1. The van der Waals surface area contributed by atoms with Gasteiger partial charge in [0.1, 0.15) is 0 Å². The largest absolute Gasteiger partial charge is 0.573 e. The predicted octanol–water partition coefficient (Wildman–Crippen LogP) is 2.01. The van der Waals surface area contributed by atoms with Gasteiger partial charge in [0.15, 0.2) is 11.5 Å². The van der Waals surface area contributed by atoms with E-state index in [2.05, 4.69) is 14.5 Å². The number of carbonyl (C=O) groups is 1. The van der Waals surface area contributed by atoms with Gasteiger partial charge < -0.3 is 14.2 Å². The lowest BCUT2D eigenvalue weighted by molar-refractivity contribution is -0.275. The van der Waals surface area contributed by atoms with Crippen LogP contribution >= 0.6 is 0 Å². The van der Waals surface area contributed by atoms with Crippen molar-refractivity contribution in [3.05, 3.63) is 17.5 Å². The zero-order valence-electron chi connectivity index (χ0n) is 10.5. The summed E-state index contributed by atoms with van der Waals surface area (Å²) < 4.78 is 49.9. The van der Waals surface area contributed by atoms with Crippen LogP contribution in [0, 0.1) is 6.92 Å². The van der Waals surface area contributed by atoms with Gasteiger partial charge in [-0.3, -0.25) is 9.78 Å². The minimum absolute atomic E-state index is 0.0219. The average Bonchev–Trinajstić information content (AvgIpc) is 2.26. The quantitative estimate of drug-likeness (QED) is 0.789. The van der Waals surface area contributed by atoms with Gasteiger partial charge in [-0.1, -0.05) is 0 Å². The van der Waals surface area contributed by atoms with E-state index in [0.717, 1.165) is 20.3 Å². The maximum Gasteiger partial charge on any atom is 0.573 e. The minimum atomic E-state index is -4.86. The SMILES string of the molecule is COC(=O)Cc1nc(C)cc(OC(F)(F)F)c1OC. The molecule has 8 heteroatoms. The van der Waals surface area contributed by atoms with E-state index in [1.165, 1.54) is 6.92 Å². The smallest absolute Gasteiger partial charge is 0.491 e. The molecular weight excluding hydrogens is 267 g/mol. The minimum Gasteiger partial charge on any atom is -0.491 e. The van der Waals surface area contributed by atoms with Crippen LogP contribution in [0.3, 0.4) is 0 Å². The lowest BCUT2D eigenvalue weighted by Gasteiger charge is -2.15. The summed E-state index contributed by atoms with van der Waals surface area (Å²) in [5.74, 6) is -1.43. The zero-order valence-corrected chi connectivity index (χ0v) is 10.5. The highest BCUT2D eigenvalue weighted by Gasteiger charge is 2.33. The number of carbonyl (C=O) groups excluding carboxylic acids is 1. The van der Waals surface area contributed by atoms with E-state index in [1.54, 1.807) is 0 Å². The molecule has 19 heavy (non-hydrogen) atoms. The van der Waals surface area contributed by atoms with E-state index in [1.807, 2.05) is 0 Å². The molecule has 0 aliphatic heterocycles. The number of nitrogens with zero attached hydrogens (tertiary/aromatic N) is 1. The third-order valence-electron chi connectivity index (χ3n) is 2.11. The van der Waals surface area contributed by atoms with Crippen molar-refractivity contribution in [1.82, 2.24) is 4.98 Å². The Balaban J connectivity index is 3.20. The molecule has 0 fully saturated rings. The third kappa shape index (κ3) is 4.31. The summed E-state index contributed by atoms with van der Waals surface area (Å²) in [7, 11) is 2.33. The summed E-state index contributed by atoms with van der Waals surface area (Å²) in [4.78, 5) is 15.1. The number of pyridine rings is 1. The Hall–Kier alpha value is -1.99. The Morgan fingerprint density at radius 1 is 1.37 bits per heavy atom. The van der Waals surface area contributed by atoms with Crippen molar-refractivity contribution in [2.24, 2.45) is 0 Å². The number of hydrogen-bond acceptors (Lipinski definition) is 5. The van der Waals surface area contributed by atoms with Crippen molar-refractivity contribution >= 4 is 5.97 Å². The lowest BCUT2D eigenvalue weighted by atomic mass is 10.2. The Morgan fingerprint density at radius 2 is 2.00 bits per heavy atom. The van der Waals surface area contributed by atoms with E-state index in [-0.39, 0.29) is 23.6 Å². The monoisotopic (exact) mass is 279 g/mol. The van der Waals surface area contributed by atoms with Gasteiger partial charge in [0.05, 0.1) is 26.3 Å². The molecule has 0 aliphatic rings. The topological polar surface area (TPSA) is 57.7 Å². The molecule has 0 N–H and O–H groups in total. The molecule has 0 spiro atoms. The number of ether oxygens (including phenoxy) is 3. The molecule has 5 nitrogen and oxygen atoms in total. The molecule has 0 atom stereocenters. The van der Waals surface area contributed by atoms with Crippen molar-refractivity contribution in [3.8, 4) is 11.5 Å². The van der Waals surface area contributed by atoms with Crippen LogP contribution in [-0.4, -0.2) is 31.5 Å². The molecular formula is C11H12F3NO4. The molecule has 1 aromatic heterocycles. The van der Waals surface area contributed by atoms with Crippen LogP contribution in [0.15, 0.2) is 6.07 Å². The average molecular weight is 279 g/mol. The molecule has 1 aromatic rings. The first-order chi connectivity index (χ1) is 8.76. The number of rotatable bonds is 4. The van der Waals surface area contributed by atoms with Crippen molar-refractivity contribution in [3.63, 3.8) is 0 Å². The zero-order chi connectivity index (χ0) is 14.6. The second-order valence-corrected chi connectivity index (χ2v) is 3.54. The van der Waals surface area contributed by atoms with Crippen molar-refractivity contribution in [2.45, 2.75) is 19.7 Å². The van der Waals surface area contributed by atoms with Crippen LogP contribution in [0.5, 0.6) is 11.5 Å². The molecule has 0 saturated carbocycles. The van der Waals surface area contributed by atoms with Gasteiger partial charge in [0, 0.05) is 11.8 Å². The van der Waals surface area contributed by atoms with Crippen LogP contribution in [0.4, 0.5) is 13.2 Å². The summed E-state index contributed by atoms with van der Waals surface area (Å²) in [6.45, 7) is 1.48. The van der Waals surface area contributed by atoms with Crippen LogP contribution < -0.4 is 9.47 Å². The van der Waals surface area contributed by atoms with E-state index < -0.39 is 18.1 Å². The van der Waals surface area contributed by atoms with Crippen LogP contribution in [0.25, 0.3) is 0 Å². The van der Waals surface area contributed by atoms with Gasteiger partial charge in [-0.05, 0) is 6.92 Å².